The molecule has 1 amide bonds. The summed E-state index contributed by atoms with van der Waals surface area (Å²) in [6.45, 7) is 0. The molecule has 0 radical (unpaired) electrons. The topological polar surface area (TPSA) is 47.4 Å². The Balaban J connectivity index is 1.75. The lowest BCUT2D eigenvalue weighted by molar-refractivity contribution is 0.0992. The van der Waals surface area contributed by atoms with Crippen LogP contribution < -0.4 is 9.64 Å². The summed E-state index contributed by atoms with van der Waals surface area (Å²) in [7, 11) is 3.38. The highest BCUT2D eigenvalue weighted by molar-refractivity contribution is 7.15. The Morgan fingerprint density at radius 3 is 2.69 bits per heavy atom. The maximum atomic E-state index is 13.4. The van der Waals surface area contributed by atoms with Gasteiger partial charge in [0.1, 0.15) is 5.00 Å². The second-order valence-corrected chi connectivity index (χ2v) is 7.49. The number of nitrogens with zero attached hydrogens (tertiary/aromatic N) is 3. The van der Waals surface area contributed by atoms with Crippen molar-refractivity contribution in [3.63, 3.8) is 0 Å². The molecular formula is C20H21N3O2S. The van der Waals surface area contributed by atoms with Crippen molar-refractivity contribution in [2.45, 2.75) is 25.7 Å². The molecule has 0 atom stereocenters. The SMILES string of the molecule is COc1ccc(N(C)C(=O)c2c(-n3cccc3)sc3c2CCCC3)cn1. The van der Waals surface area contributed by atoms with Gasteiger partial charge in [-0.1, -0.05) is 0 Å². The number of aryl methyl sites for hydroxylation is 1. The molecule has 0 aliphatic heterocycles. The molecule has 134 valence electrons. The molecule has 1 aliphatic rings. The predicted molar refractivity (Wildman–Crippen MR) is 104 cm³/mol. The van der Waals surface area contributed by atoms with E-state index in [1.54, 1.807) is 42.7 Å². The van der Waals surface area contributed by atoms with Crippen molar-refractivity contribution in [3.8, 4) is 10.9 Å². The molecule has 0 fully saturated rings. The first-order valence-corrected chi connectivity index (χ1v) is 9.56. The van der Waals surface area contributed by atoms with Crippen molar-refractivity contribution >= 4 is 22.9 Å². The molecule has 3 heterocycles. The summed E-state index contributed by atoms with van der Waals surface area (Å²) < 4.78 is 7.16. The van der Waals surface area contributed by atoms with Gasteiger partial charge in [-0.15, -0.1) is 11.3 Å². The molecule has 4 rings (SSSR count). The Bertz CT molecular complexity index is 913. The van der Waals surface area contributed by atoms with Gasteiger partial charge in [0.05, 0.1) is 24.6 Å². The van der Waals surface area contributed by atoms with Gasteiger partial charge in [0, 0.05) is 30.4 Å². The lowest BCUT2D eigenvalue weighted by atomic mass is 9.95. The Kier molecular flexibility index (Phi) is 4.51. The first kappa shape index (κ1) is 16.8. The number of hydrogen-bond acceptors (Lipinski definition) is 4. The Labute approximate surface area is 156 Å². The second-order valence-electron chi connectivity index (χ2n) is 6.40. The highest BCUT2D eigenvalue weighted by Crippen LogP contribution is 2.38. The van der Waals surface area contributed by atoms with Crippen molar-refractivity contribution in [3.05, 3.63) is 58.9 Å². The number of amides is 1. The average molecular weight is 367 g/mol. The Morgan fingerprint density at radius 1 is 1.23 bits per heavy atom. The normalized spacial score (nSPS) is 13.3. The number of thiophene rings is 1. The first-order chi connectivity index (χ1) is 12.7. The molecule has 0 aromatic carbocycles. The number of hydrogen-bond donors (Lipinski definition) is 0. The molecule has 0 saturated heterocycles. The van der Waals surface area contributed by atoms with E-state index in [-0.39, 0.29) is 5.91 Å². The zero-order chi connectivity index (χ0) is 18.1. The van der Waals surface area contributed by atoms with E-state index in [2.05, 4.69) is 9.55 Å². The number of fused-ring (bicyclic) bond motifs is 1. The summed E-state index contributed by atoms with van der Waals surface area (Å²) in [5.41, 5.74) is 2.81. The quantitative estimate of drug-likeness (QED) is 0.697. The van der Waals surface area contributed by atoms with Crippen LogP contribution in [0.5, 0.6) is 5.88 Å². The number of aromatic nitrogens is 2. The molecule has 0 N–H and O–H groups in total. The number of ether oxygens (including phenoxy) is 1. The molecule has 0 unspecified atom stereocenters. The van der Waals surface area contributed by atoms with Gasteiger partial charge < -0.3 is 14.2 Å². The number of pyridine rings is 1. The lowest BCUT2D eigenvalue weighted by Gasteiger charge is -2.20. The summed E-state index contributed by atoms with van der Waals surface area (Å²) in [6.07, 6.45) is 10.1. The van der Waals surface area contributed by atoms with Crippen LogP contribution in [-0.2, 0) is 12.8 Å². The molecular weight excluding hydrogens is 346 g/mol. The molecule has 0 saturated carbocycles. The maximum absolute atomic E-state index is 13.4. The van der Waals surface area contributed by atoms with Crippen molar-refractivity contribution in [2.24, 2.45) is 0 Å². The van der Waals surface area contributed by atoms with E-state index in [9.17, 15) is 4.79 Å². The van der Waals surface area contributed by atoms with Crippen LogP contribution in [-0.4, -0.2) is 29.6 Å². The second kappa shape index (κ2) is 6.96. The van der Waals surface area contributed by atoms with Crippen molar-refractivity contribution in [1.29, 1.82) is 0 Å². The fraction of sp³-hybridized carbons (Fsp3) is 0.300. The minimum absolute atomic E-state index is 0.0140. The molecule has 6 heteroatoms. The monoisotopic (exact) mass is 367 g/mol. The Morgan fingerprint density at radius 2 is 2.00 bits per heavy atom. The zero-order valence-corrected chi connectivity index (χ0v) is 15.8. The van der Waals surface area contributed by atoms with Crippen molar-refractivity contribution < 1.29 is 9.53 Å². The standard InChI is InChI=1S/C20H21N3O2S/c1-22(14-9-10-17(25-2)21-13-14)19(24)18-15-7-3-4-8-16(15)26-20(18)23-11-5-6-12-23/h5-6,9-13H,3-4,7-8H2,1-2H3. The largest absolute Gasteiger partial charge is 0.481 e. The van der Waals surface area contributed by atoms with E-state index < -0.39 is 0 Å². The van der Waals surface area contributed by atoms with Gasteiger partial charge in [0.25, 0.3) is 5.91 Å². The van der Waals surface area contributed by atoms with Crippen LogP contribution in [0.1, 0.15) is 33.6 Å². The van der Waals surface area contributed by atoms with Gasteiger partial charge in [0.2, 0.25) is 5.88 Å². The third-order valence-electron chi connectivity index (χ3n) is 4.83. The van der Waals surface area contributed by atoms with Crippen LogP contribution in [0.4, 0.5) is 5.69 Å². The fourth-order valence-electron chi connectivity index (χ4n) is 3.40. The summed E-state index contributed by atoms with van der Waals surface area (Å²) in [5, 5.41) is 1.01. The van der Waals surface area contributed by atoms with Crippen LogP contribution in [0, 0.1) is 0 Å². The first-order valence-electron chi connectivity index (χ1n) is 8.75. The van der Waals surface area contributed by atoms with Gasteiger partial charge in [-0.3, -0.25) is 4.79 Å². The van der Waals surface area contributed by atoms with Crippen molar-refractivity contribution in [1.82, 2.24) is 9.55 Å². The fourth-order valence-corrected chi connectivity index (χ4v) is 4.75. The lowest BCUT2D eigenvalue weighted by Crippen LogP contribution is -2.28. The summed E-state index contributed by atoms with van der Waals surface area (Å²) >= 11 is 1.75. The predicted octanol–water partition coefficient (Wildman–Crippen LogP) is 4.10. The molecule has 5 nitrogen and oxygen atoms in total. The van der Waals surface area contributed by atoms with Gasteiger partial charge in [-0.25, -0.2) is 4.98 Å². The van der Waals surface area contributed by atoms with Gasteiger partial charge in [-0.2, -0.15) is 0 Å². The molecule has 3 aromatic rings. The summed E-state index contributed by atoms with van der Waals surface area (Å²) in [6, 6.07) is 7.61. The number of methoxy groups -OCH3 is 1. The summed E-state index contributed by atoms with van der Waals surface area (Å²) in [5.74, 6) is 0.551. The van der Waals surface area contributed by atoms with Crippen LogP contribution in [0.15, 0.2) is 42.9 Å². The van der Waals surface area contributed by atoms with Crippen LogP contribution in [0.25, 0.3) is 5.00 Å². The molecule has 0 spiro atoms. The average Bonchev–Trinajstić information content (AvgIpc) is 3.34. The molecule has 26 heavy (non-hydrogen) atoms. The number of rotatable bonds is 4. The van der Waals surface area contributed by atoms with Crippen LogP contribution >= 0.6 is 11.3 Å². The summed E-state index contributed by atoms with van der Waals surface area (Å²) in [4.78, 5) is 20.7. The number of anilines is 1. The zero-order valence-electron chi connectivity index (χ0n) is 14.9. The van der Waals surface area contributed by atoms with E-state index in [1.165, 1.54) is 16.9 Å². The van der Waals surface area contributed by atoms with Gasteiger partial charge in [-0.05, 0) is 49.4 Å². The van der Waals surface area contributed by atoms with E-state index in [0.29, 0.717) is 5.88 Å². The van der Waals surface area contributed by atoms with E-state index in [1.807, 2.05) is 30.6 Å². The maximum Gasteiger partial charge on any atom is 0.261 e. The van der Waals surface area contributed by atoms with Crippen molar-refractivity contribution in [2.75, 3.05) is 19.1 Å². The highest BCUT2D eigenvalue weighted by atomic mass is 32.1. The minimum Gasteiger partial charge on any atom is -0.481 e. The van der Waals surface area contributed by atoms with Crippen LogP contribution in [0.3, 0.4) is 0 Å². The van der Waals surface area contributed by atoms with E-state index in [0.717, 1.165) is 35.5 Å². The van der Waals surface area contributed by atoms with Gasteiger partial charge >= 0.3 is 0 Å². The smallest absolute Gasteiger partial charge is 0.261 e. The van der Waals surface area contributed by atoms with E-state index in [4.69, 9.17) is 4.74 Å². The molecule has 0 bridgehead atoms. The van der Waals surface area contributed by atoms with Crippen LogP contribution in [0.2, 0.25) is 0 Å². The van der Waals surface area contributed by atoms with E-state index >= 15 is 0 Å². The number of carbonyl (C=O) groups excluding carboxylic acids is 1. The van der Waals surface area contributed by atoms with Gasteiger partial charge in [0.15, 0.2) is 0 Å². The minimum atomic E-state index is 0.0140. The molecule has 1 aliphatic carbocycles. The Hall–Kier alpha value is -2.60. The third-order valence-corrected chi connectivity index (χ3v) is 6.13. The highest BCUT2D eigenvalue weighted by Gasteiger charge is 2.28. The molecule has 3 aromatic heterocycles. The number of carbonyl (C=O) groups is 1. The third kappa shape index (κ3) is 2.90.